The Morgan fingerprint density at radius 1 is 1.15 bits per heavy atom. The number of benzene rings is 2. The van der Waals surface area contributed by atoms with Gasteiger partial charge in [0.2, 0.25) is 0 Å². The summed E-state index contributed by atoms with van der Waals surface area (Å²) in [5.74, 6) is 0.793. The number of nitro groups is 1. The lowest BCUT2D eigenvalue weighted by Crippen LogP contribution is -2.04. The molecule has 0 unspecified atom stereocenters. The third-order valence-corrected chi connectivity index (χ3v) is 2.84. The van der Waals surface area contributed by atoms with Crippen LogP contribution in [0.1, 0.15) is 12.5 Å². The van der Waals surface area contributed by atoms with Crippen molar-refractivity contribution in [1.82, 2.24) is 0 Å². The summed E-state index contributed by atoms with van der Waals surface area (Å²) in [6.07, 6.45) is 0. The molecule has 0 saturated carbocycles. The Morgan fingerprint density at radius 2 is 1.85 bits per heavy atom. The van der Waals surface area contributed by atoms with E-state index in [0.29, 0.717) is 18.8 Å². The summed E-state index contributed by atoms with van der Waals surface area (Å²) in [7, 11) is 0. The second kappa shape index (κ2) is 6.56. The highest BCUT2D eigenvalue weighted by Crippen LogP contribution is 2.25. The van der Waals surface area contributed by atoms with Gasteiger partial charge in [-0.25, -0.2) is 0 Å². The molecule has 0 radical (unpaired) electrons. The molecule has 104 valence electrons. The van der Waals surface area contributed by atoms with Crippen LogP contribution in [-0.4, -0.2) is 11.5 Å². The summed E-state index contributed by atoms with van der Waals surface area (Å²) < 4.78 is 5.53. The molecule has 0 aliphatic carbocycles. The fourth-order valence-corrected chi connectivity index (χ4v) is 1.92. The SMILES string of the molecule is CCOc1ccccc1CNc1ccccc1[N+](=O)[O-]. The lowest BCUT2D eigenvalue weighted by Gasteiger charge is -2.11. The molecule has 5 nitrogen and oxygen atoms in total. The van der Waals surface area contributed by atoms with Gasteiger partial charge in [0.1, 0.15) is 11.4 Å². The van der Waals surface area contributed by atoms with Crippen molar-refractivity contribution in [3.05, 3.63) is 64.2 Å². The van der Waals surface area contributed by atoms with Crippen LogP contribution >= 0.6 is 0 Å². The van der Waals surface area contributed by atoms with Gasteiger partial charge in [0.25, 0.3) is 5.69 Å². The van der Waals surface area contributed by atoms with E-state index < -0.39 is 4.92 Å². The molecule has 20 heavy (non-hydrogen) atoms. The van der Waals surface area contributed by atoms with Gasteiger partial charge in [-0.1, -0.05) is 30.3 Å². The summed E-state index contributed by atoms with van der Waals surface area (Å²) in [4.78, 5) is 10.6. The molecular formula is C15H16N2O3. The maximum Gasteiger partial charge on any atom is 0.292 e. The van der Waals surface area contributed by atoms with Crippen molar-refractivity contribution in [2.24, 2.45) is 0 Å². The maximum atomic E-state index is 10.9. The zero-order chi connectivity index (χ0) is 14.4. The monoisotopic (exact) mass is 272 g/mol. The van der Waals surface area contributed by atoms with Crippen molar-refractivity contribution in [2.75, 3.05) is 11.9 Å². The largest absolute Gasteiger partial charge is 0.494 e. The van der Waals surface area contributed by atoms with Crippen molar-refractivity contribution in [3.63, 3.8) is 0 Å². The molecule has 0 saturated heterocycles. The van der Waals surface area contributed by atoms with E-state index in [2.05, 4.69) is 5.32 Å². The van der Waals surface area contributed by atoms with E-state index in [9.17, 15) is 10.1 Å². The van der Waals surface area contributed by atoms with E-state index in [0.717, 1.165) is 11.3 Å². The molecule has 2 aromatic carbocycles. The van der Waals surface area contributed by atoms with Gasteiger partial charge in [-0.05, 0) is 19.1 Å². The zero-order valence-electron chi connectivity index (χ0n) is 11.2. The van der Waals surface area contributed by atoms with E-state index in [4.69, 9.17) is 4.74 Å². The third-order valence-electron chi connectivity index (χ3n) is 2.84. The number of nitro benzene ring substituents is 1. The van der Waals surface area contributed by atoms with Crippen LogP contribution in [0.25, 0.3) is 0 Å². The summed E-state index contributed by atoms with van der Waals surface area (Å²) in [5.41, 5.74) is 1.54. The maximum absolute atomic E-state index is 10.9. The van der Waals surface area contributed by atoms with E-state index in [1.807, 2.05) is 31.2 Å². The van der Waals surface area contributed by atoms with Crippen molar-refractivity contribution in [1.29, 1.82) is 0 Å². The number of ether oxygens (including phenoxy) is 1. The lowest BCUT2D eigenvalue weighted by molar-refractivity contribution is -0.384. The van der Waals surface area contributed by atoms with Crippen LogP contribution in [0.3, 0.4) is 0 Å². The highest BCUT2D eigenvalue weighted by molar-refractivity contribution is 5.61. The first-order chi connectivity index (χ1) is 9.72. The highest BCUT2D eigenvalue weighted by Gasteiger charge is 2.12. The Morgan fingerprint density at radius 3 is 2.60 bits per heavy atom. The Balaban J connectivity index is 2.15. The second-order valence-corrected chi connectivity index (χ2v) is 4.17. The zero-order valence-corrected chi connectivity index (χ0v) is 11.2. The summed E-state index contributed by atoms with van der Waals surface area (Å²) in [6, 6.07) is 14.2. The van der Waals surface area contributed by atoms with Gasteiger partial charge >= 0.3 is 0 Å². The Kier molecular flexibility index (Phi) is 4.55. The quantitative estimate of drug-likeness (QED) is 0.644. The smallest absolute Gasteiger partial charge is 0.292 e. The van der Waals surface area contributed by atoms with E-state index >= 15 is 0 Å². The molecule has 0 amide bonds. The predicted molar refractivity (Wildman–Crippen MR) is 78.0 cm³/mol. The number of para-hydroxylation sites is 3. The fourth-order valence-electron chi connectivity index (χ4n) is 1.92. The molecule has 0 atom stereocenters. The molecule has 0 bridgehead atoms. The molecule has 1 N–H and O–H groups in total. The normalized spacial score (nSPS) is 10.1. The summed E-state index contributed by atoms with van der Waals surface area (Å²) in [6.45, 7) is 2.98. The minimum absolute atomic E-state index is 0.0707. The molecule has 0 heterocycles. The molecule has 0 fully saturated rings. The van der Waals surface area contributed by atoms with Gasteiger partial charge < -0.3 is 10.1 Å². The number of nitrogens with zero attached hydrogens (tertiary/aromatic N) is 1. The second-order valence-electron chi connectivity index (χ2n) is 4.17. The molecule has 0 aromatic heterocycles. The van der Waals surface area contributed by atoms with Crippen LogP contribution in [0.5, 0.6) is 5.75 Å². The number of rotatable bonds is 6. The van der Waals surface area contributed by atoms with E-state index in [-0.39, 0.29) is 5.69 Å². The van der Waals surface area contributed by atoms with E-state index in [1.54, 1.807) is 18.2 Å². The fraction of sp³-hybridized carbons (Fsp3) is 0.200. The third kappa shape index (κ3) is 3.26. The minimum Gasteiger partial charge on any atom is -0.494 e. The molecule has 0 aliphatic rings. The van der Waals surface area contributed by atoms with Crippen molar-refractivity contribution in [2.45, 2.75) is 13.5 Å². The Hall–Kier alpha value is -2.56. The molecule has 2 aromatic rings. The van der Waals surface area contributed by atoms with Crippen molar-refractivity contribution >= 4 is 11.4 Å². The number of anilines is 1. The first-order valence-corrected chi connectivity index (χ1v) is 6.40. The molecule has 2 rings (SSSR count). The standard InChI is InChI=1S/C15H16N2O3/c1-2-20-15-10-6-3-7-12(15)11-16-13-8-4-5-9-14(13)17(18)19/h3-10,16H,2,11H2,1H3. The molecule has 0 aliphatic heterocycles. The van der Waals surface area contributed by atoms with Gasteiger partial charge in [-0.3, -0.25) is 10.1 Å². The average molecular weight is 272 g/mol. The Labute approximate surface area is 117 Å². The molecular weight excluding hydrogens is 256 g/mol. The first-order valence-electron chi connectivity index (χ1n) is 6.40. The minimum atomic E-state index is -0.392. The Bertz CT molecular complexity index is 599. The summed E-state index contributed by atoms with van der Waals surface area (Å²) in [5, 5.41) is 14.0. The van der Waals surface area contributed by atoms with Gasteiger partial charge in [0.15, 0.2) is 0 Å². The van der Waals surface area contributed by atoms with Gasteiger partial charge in [-0.2, -0.15) is 0 Å². The number of nitrogens with one attached hydrogen (secondary N) is 1. The highest BCUT2D eigenvalue weighted by atomic mass is 16.6. The summed E-state index contributed by atoms with van der Waals surface area (Å²) >= 11 is 0. The van der Waals surface area contributed by atoms with Crippen LogP contribution < -0.4 is 10.1 Å². The van der Waals surface area contributed by atoms with E-state index in [1.165, 1.54) is 6.07 Å². The first kappa shape index (κ1) is 13.9. The molecule has 5 heteroatoms. The van der Waals surface area contributed by atoms with Crippen LogP contribution in [0.15, 0.2) is 48.5 Å². The predicted octanol–water partition coefficient (Wildman–Crippen LogP) is 3.61. The molecule has 0 spiro atoms. The van der Waals surface area contributed by atoms with Crippen molar-refractivity contribution in [3.8, 4) is 5.75 Å². The topological polar surface area (TPSA) is 64.4 Å². The van der Waals surface area contributed by atoms with Gasteiger partial charge in [0.05, 0.1) is 11.5 Å². The van der Waals surface area contributed by atoms with Crippen molar-refractivity contribution < 1.29 is 9.66 Å². The number of hydrogen-bond acceptors (Lipinski definition) is 4. The van der Waals surface area contributed by atoms with Crippen LogP contribution in [0, 0.1) is 10.1 Å². The van der Waals surface area contributed by atoms with Gasteiger partial charge in [-0.15, -0.1) is 0 Å². The average Bonchev–Trinajstić information content (AvgIpc) is 2.47. The lowest BCUT2D eigenvalue weighted by atomic mass is 10.2. The van der Waals surface area contributed by atoms with Gasteiger partial charge in [0, 0.05) is 18.2 Å². The number of hydrogen-bond donors (Lipinski definition) is 1. The van der Waals surface area contributed by atoms with Crippen LogP contribution in [0.2, 0.25) is 0 Å². The van der Waals surface area contributed by atoms with Crippen LogP contribution in [0.4, 0.5) is 11.4 Å². The van der Waals surface area contributed by atoms with Crippen LogP contribution in [-0.2, 0) is 6.54 Å².